The molecule has 1 saturated carbocycles. The smallest absolute Gasteiger partial charge is 0.316 e. The van der Waals surface area contributed by atoms with Crippen molar-refractivity contribution in [1.82, 2.24) is 5.32 Å². The van der Waals surface area contributed by atoms with E-state index >= 15 is 0 Å². The van der Waals surface area contributed by atoms with Gasteiger partial charge < -0.3 is 15.2 Å². The molecule has 0 unspecified atom stereocenters. The second-order valence-corrected chi connectivity index (χ2v) is 5.92. The molecule has 0 bridgehead atoms. The fourth-order valence-corrected chi connectivity index (χ4v) is 3.89. The van der Waals surface area contributed by atoms with Gasteiger partial charge in [0.1, 0.15) is 11.7 Å². The molecular formula is C16H19NO4. The van der Waals surface area contributed by atoms with Gasteiger partial charge in [-0.15, -0.1) is 0 Å². The van der Waals surface area contributed by atoms with Gasteiger partial charge in [-0.25, -0.2) is 0 Å². The molecule has 112 valence electrons. The van der Waals surface area contributed by atoms with Crippen molar-refractivity contribution in [1.29, 1.82) is 0 Å². The van der Waals surface area contributed by atoms with Gasteiger partial charge in [-0.2, -0.15) is 0 Å². The van der Waals surface area contributed by atoms with Gasteiger partial charge in [-0.3, -0.25) is 9.59 Å². The minimum Gasteiger partial charge on any atom is -0.497 e. The molecule has 3 rings (SSSR count). The summed E-state index contributed by atoms with van der Waals surface area (Å²) >= 11 is 0. The molecule has 5 nitrogen and oxygen atoms in total. The predicted molar refractivity (Wildman–Crippen MR) is 76.2 cm³/mol. The third kappa shape index (κ3) is 2.17. The van der Waals surface area contributed by atoms with Crippen molar-refractivity contribution in [2.45, 2.75) is 37.1 Å². The molecule has 21 heavy (non-hydrogen) atoms. The Morgan fingerprint density at radius 3 is 2.43 bits per heavy atom. The van der Waals surface area contributed by atoms with E-state index < -0.39 is 17.4 Å². The largest absolute Gasteiger partial charge is 0.497 e. The van der Waals surface area contributed by atoms with Crippen molar-refractivity contribution in [3.8, 4) is 5.75 Å². The van der Waals surface area contributed by atoms with E-state index in [1.54, 1.807) is 7.11 Å². The molecule has 1 saturated heterocycles. The summed E-state index contributed by atoms with van der Waals surface area (Å²) in [6.07, 6.45) is 3.75. The van der Waals surface area contributed by atoms with Crippen molar-refractivity contribution in [3.63, 3.8) is 0 Å². The standard InChI is InChI=1S/C16H19NO4/c1-21-11-6-4-10(5-7-11)13-12(15(19)20)14(18)17-16(13)8-2-3-9-16/h4-7,12-13H,2-3,8-9H2,1H3,(H,17,18)(H,19,20)/t12-,13-/m0/s1. The Morgan fingerprint density at radius 1 is 1.29 bits per heavy atom. The van der Waals surface area contributed by atoms with Crippen LogP contribution in [-0.4, -0.2) is 29.6 Å². The Morgan fingerprint density at radius 2 is 1.90 bits per heavy atom. The first-order chi connectivity index (χ1) is 10.1. The van der Waals surface area contributed by atoms with E-state index in [-0.39, 0.29) is 11.8 Å². The van der Waals surface area contributed by atoms with Crippen LogP contribution in [0.1, 0.15) is 37.2 Å². The van der Waals surface area contributed by atoms with Gasteiger partial charge in [-0.05, 0) is 30.5 Å². The van der Waals surface area contributed by atoms with E-state index in [1.807, 2.05) is 24.3 Å². The van der Waals surface area contributed by atoms with E-state index in [0.717, 1.165) is 37.0 Å². The molecule has 0 radical (unpaired) electrons. The van der Waals surface area contributed by atoms with Crippen LogP contribution in [0, 0.1) is 5.92 Å². The number of methoxy groups -OCH3 is 1. The van der Waals surface area contributed by atoms with Gasteiger partial charge in [0.05, 0.1) is 7.11 Å². The Kier molecular flexibility index (Phi) is 3.35. The van der Waals surface area contributed by atoms with Crippen molar-refractivity contribution < 1.29 is 19.4 Å². The van der Waals surface area contributed by atoms with Crippen molar-refractivity contribution in [3.05, 3.63) is 29.8 Å². The number of aliphatic carboxylic acids is 1. The Balaban J connectivity index is 2.03. The van der Waals surface area contributed by atoms with E-state index in [0.29, 0.717) is 0 Å². The zero-order valence-electron chi connectivity index (χ0n) is 12.0. The van der Waals surface area contributed by atoms with Crippen LogP contribution in [0.4, 0.5) is 0 Å². The first-order valence-corrected chi connectivity index (χ1v) is 7.26. The molecule has 1 heterocycles. The van der Waals surface area contributed by atoms with Crippen LogP contribution in [0.15, 0.2) is 24.3 Å². The molecule has 5 heteroatoms. The molecule has 0 aromatic heterocycles. The van der Waals surface area contributed by atoms with Crippen LogP contribution in [-0.2, 0) is 9.59 Å². The topological polar surface area (TPSA) is 75.6 Å². The van der Waals surface area contributed by atoms with Crippen molar-refractivity contribution in [2.75, 3.05) is 7.11 Å². The molecule has 1 aliphatic carbocycles. The van der Waals surface area contributed by atoms with Gasteiger partial charge in [-0.1, -0.05) is 25.0 Å². The highest BCUT2D eigenvalue weighted by Crippen LogP contribution is 2.49. The zero-order chi connectivity index (χ0) is 15.0. The van der Waals surface area contributed by atoms with Gasteiger partial charge in [0.25, 0.3) is 0 Å². The maximum absolute atomic E-state index is 12.2. The fraction of sp³-hybridized carbons (Fsp3) is 0.500. The van der Waals surface area contributed by atoms with E-state index in [4.69, 9.17) is 4.74 Å². The van der Waals surface area contributed by atoms with Crippen molar-refractivity contribution >= 4 is 11.9 Å². The highest BCUT2D eigenvalue weighted by Gasteiger charge is 2.57. The Bertz CT molecular complexity index is 560. The molecule has 1 amide bonds. The number of carbonyl (C=O) groups excluding carboxylic acids is 1. The van der Waals surface area contributed by atoms with Crippen LogP contribution in [0.25, 0.3) is 0 Å². The molecule has 2 aliphatic rings. The number of ether oxygens (including phenoxy) is 1. The summed E-state index contributed by atoms with van der Waals surface area (Å²) in [4.78, 5) is 23.7. The second-order valence-electron chi connectivity index (χ2n) is 5.92. The molecule has 1 aromatic carbocycles. The number of amides is 1. The fourth-order valence-electron chi connectivity index (χ4n) is 3.89. The van der Waals surface area contributed by atoms with Crippen LogP contribution < -0.4 is 10.1 Å². The number of hydrogen-bond donors (Lipinski definition) is 2. The quantitative estimate of drug-likeness (QED) is 0.834. The van der Waals surface area contributed by atoms with Gasteiger partial charge in [0.2, 0.25) is 5.91 Å². The molecule has 2 atom stereocenters. The van der Waals surface area contributed by atoms with Gasteiger partial charge in [0, 0.05) is 11.5 Å². The zero-order valence-corrected chi connectivity index (χ0v) is 12.0. The normalized spacial score (nSPS) is 26.8. The van der Waals surface area contributed by atoms with Crippen LogP contribution in [0.3, 0.4) is 0 Å². The third-order valence-electron chi connectivity index (χ3n) is 4.82. The monoisotopic (exact) mass is 289 g/mol. The number of benzene rings is 1. The second kappa shape index (κ2) is 5.06. The summed E-state index contributed by atoms with van der Waals surface area (Å²) in [5, 5.41) is 12.5. The summed E-state index contributed by atoms with van der Waals surface area (Å²) < 4.78 is 5.15. The Hall–Kier alpha value is -2.04. The lowest BCUT2D eigenvalue weighted by atomic mass is 9.74. The Labute approximate surface area is 123 Å². The first-order valence-electron chi connectivity index (χ1n) is 7.26. The van der Waals surface area contributed by atoms with E-state index in [2.05, 4.69) is 5.32 Å². The SMILES string of the molecule is COc1ccc([C@H]2[C@H](C(=O)O)C(=O)NC23CCCC3)cc1. The first kappa shape index (κ1) is 13.9. The maximum Gasteiger partial charge on any atom is 0.316 e. The van der Waals surface area contributed by atoms with E-state index in [1.165, 1.54) is 0 Å². The van der Waals surface area contributed by atoms with Crippen molar-refractivity contribution in [2.24, 2.45) is 5.92 Å². The molecule has 1 aliphatic heterocycles. The number of nitrogens with one attached hydrogen (secondary N) is 1. The third-order valence-corrected chi connectivity index (χ3v) is 4.82. The number of carboxylic acids is 1. The molecule has 1 aromatic rings. The number of carboxylic acid groups (broad SMARTS) is 1. The highest BCUT2D eigenvalue weighted by molar-refractivity contribution is 6.01. The maximum atomic E-state index is 12.2. The summed E-state index contributed by atoms with van der Waals surface area (Å²) in [7, 11) is 1.59. The average molecular weight is 289 g/mol. The number of hydrogen-bond acceptors (Lipinski definition) is 3. The summed E-state index contributed by atoms with van der Waals surface area (Å²) in [5.74, 6) is -1.99. The summed E-state index contributed by atoms with van der Waals surface area (Å²) in [5.41, 5.74) is 0.498. The minimum absolute atomic E-state index is 0.309. The van der Waals surface area contributed by atoms with Gasteiger partial charge in [0.15, 0.2) is 0 Å². The lowest BCUT2D eigenvalue weighted by molar-refractivity contribution is -0.145. The lowest BCUT2D eigenvalue weighted by Crippen LogP contribution is -2.42. The van der Waals surface area contributed by atoms with Crippen LogP contribution >= 0.6 is 0 Å². The van der Waals surface area contributed by atoms with E-state index in [9.17, 15) is 14.7 Å². The van der Waals surface area contributed by atoms with Crippen LogP contribution in [0.5, 0.6) is 5.75 Å². The molecule has 2 fully saturated rings. The predicted octanol–water partition coefficient (Wildman–Crippen LogP) is 1.92. The average Bonchev–Trinajstić information content (AvgIpc) is 3.04. The highest BCUT2D eigenvalue weighted by atomic mass is 16.5. The lowest BCUT2D eigenvalue weighted by Gasteiger charge is -2.32. The minimum atomic E-state index is -1.04. The van der Waals surface area contributed by atoms with Crippen LogP contribution in [0.2, 0.25) is 0 Å². The molecule has 1 spiro atoms. The number of rotatable bonds is 3. The molecular weight excluding hydrogens is 270 g/mol. The number of carbonyl (C=O) groups is 2. The summed E-state index contributed by atoms with van der Waals surface area (Å²) in [6.45, 7) is 0. The summed E-state index contributed by atoms with van der Waals surface area (Å²) in [6, 6.07) is 7.39. The molecule has 2 N–H and O–H groups in total. The van der Waals surface area contributed by atoms with Gasteiger partial charge >= 0.3 is 5.97 Å².